The molecule has 0 atom stereocenters. The van der Waals surface area contributed by atoms with Crippen LogP contribution in [0.25, 0.3) is 0 Å². The Hall–Kier alpha value is -2.60. The lowest BCUT2D eigenvalue weighted by Gasteiger charge is -2.15. The lowest BCUT2D eigenvalue weighted by atomic mass is 10.1. The second-order valence-corrected chi connectivity index (χ2v) is 6.29. The SMILES string of the molecule is CC(=O)Nc1ccc(C2=NNC(=NCc3ccccc3)SC2)cc1. The lowest BCUT2D eigenvalue weighted by molar-refractivity contribution is -0.114. The Labute approximate surface area is 145 Å². The van der Waals surface area contributed by atoms with E-state index in [9.17, 15) is 4.79 Å². The Bertz CT molecular complexity index is 769. The van der Waals surface area contributed by atoms with E-state index in [1.807, 2.05) is 42.5 Å². The summed E-state index contributed by atoms with van der Waals surface area (Å²) in [6, 6.07) is 17.8. The highest BCUT2D eigenvalue weighted by Crippen LogP contribution is 2.16. The molecule has 0 saturated heterocycles. The van der Waals surface area contributed by atoms with E-state index in [1.54, 1.807) is 11.8 Å². The van der Waals surface area contributed by atoms with Crippen LogP contribution in [0.5, 0.6) is 0 Å². The molecule has 2 aromatic rings. The first-order valence-corrected chi connectivity index (χ1v) is 8.61. The summed E-state index contributed by atoms with van der Waals surface area (Å²) in [5, 5.41) is 8.00. The Morgan fingerprint density at radius 2 is 1.96 bits per heavy atom. The number of amidine groups is 1. The number of nitrogens with one attached hydrogen (secondary N) is 2. The minimum atomic E-state index is -0.0748. The normalized spacial score (nSPS) is 15.5. The number of hydrazone groups is 1. The molecule has 0 spiro atoms. The lowest BCUT2D eigenvalue weighted by Crippen LogP contribution is -2.25. The highest BCUT2D eigenvalue weighted by Gasteiger charge is 2.12. The number of nitrogens with zero attached hydrogens (tertiary/aromatic N) is 2. The first-order chi connectivity index (χ1) is 11.7. The first kappa shape index (κ1) is 16.3. The van der Waals surface area contributed by atoms with E-state index in [-0.39, 0.29) is 5.91 Å². The van der Waals surface area contributed by atoms with Gasteiger partial charge in [-0.1, -0.05) is 54.2 Å². The van der Waals surface area contributed by atoms with Crippen LogP contribution < -0.4 is 10.7 Å². The molecule has 122 valence electrons. The van der Waals surface area contributed by atoms with Gasteiger partial charge in [0.2, 0.25) is 5.91 Å². The maximum absolute atomic E-state index is 11.0. The van der Waals surface area contributed by atoms with Gasteiger partial charge in [-0.15, -0.1) is 0 Å². The number of anilines is 1. The van der Waals surface area contributed by atoms with Crippen molar-refractivity contribution in [3.8, 4) is 0 Å². The predicted molar refractivity (Wildman–Crippen MR) is 100 cm³/mol. The van der Waals surface area contributed by atoms with E-state index < -0.39 is 0 Å². The van der Waals surface area contributed by atoms with E-state index in [0.29, 0.717) is 6.54 Å². The van der Waals surface area contributed by atoms with Crippen LogP contribution in [0.1, 0.15) is 18.1 Å². The van der Waals surface area contributed by atoms with Gasteiger partial charge in [0.15, 0.2) is 5.17 Å². The molecule has 0 aliphatic carbocycles. The third-order valence-electron chi connectivity index (χ3n) is 3.42. The minimum absolute atomic E-state index is 0.0748. The largest absolute Gasteiger partial charge is 0.326 e. The second kappa shape index (κ2) is 7.79. The van der Waals surface area contributed by atoms with Crippen molar-refractivity contribution in [3.05, 3.63) is 65.7 Å². The summed E-state index contributed by atoms with van der Waals surface area (Å²) in [5.41, 5.74) is 6.98. The molecule has 1 aliphatic heterocycles. The fraction of sp³-hybridized carbons (Fsp3) is 0.167. The van der Waals surface area contributed by atoms with Crippen molar-refractivity contribution < 1.29 is 4.79 Å². The van der Waals surface area contributed by atoms with Gasteiger partial charge in [0.05, 0.1) is 12.3 Å². The van der Waals surface area contributed by atoms with Crippen LogP contribution in [0.4, 0.5) is 5.69 Å². The van der Waals surface area contributed by atoms with Crippen molar-refractivity contribution in [2.75, 3.05) is 11.1 Å². The van der Waals surface area contributed by atoms with Crippen molar-refractivity contribution >= 4 is 34.2 Å². The Kier molecular flexibility index (Phi) is 5.28. The maximum atomic E-state index is 11.0. The van der Waals surface area contributed by atoms with Gasteiger partial charge in [-0.2, -0.15) is 5.10 Å². The smallest absolute Gasteiger partial charge is 0.221 e. The molecule has 0 fully saturated rings. The monoisotopic (exact) mass is 338 g/mol. The highest BCUT2D eigenvalue weighted by molar-refractivity contribution is 8.14. The number of thioether (sulfide) groups is 1. The summed E-state index contributed by atoms with van der Waals surface area (Å²) in [4.78, 5) is 15.6. The van der Waals surface area contributed by atoms with Crippen LogP contribution in [-0.2, 0) is 11.3 Å². The predicted octanol–water partition coefficient (Wildman–Crippen LogP) is 3.24. The first-order valence-electron chi connectivity index (χ1n) is 7.62. The minimum Gasteiger partial charge on any atom is -0.326 e. The van der Waals surface area contributed by atoms with Gasteiger partial charge in [0, 0.05) is 18.4 Å². The summed E-state index contributed by atoms with van der Waals surface area (Å²) in [7, 11) is 0. The Balaban J connectivity index is 1.61. The van der Waals surface area contributed by atoms with Crippen molar-refractivity contribution in [3.63, 3.8) is 0 Å². The Morgan fingerprint density at radius 3 is 2.58 bits per heavy atom. The molecule has 0 unspecified atom stereocenters. The maximum Gasteiger partial charge on any atom is 0.221 e. The molecule has 2 N–H and O–H groups in total. The summed E-state index contributed by atoms with van der Waals surface area (Å²) < 4.78 is 0. The molecule has 0 bridgehead atoms. The van der Waals surface area contributed by atoms with E-state index in [1.165, 1.54) is 12.5 Å². The van der Waals surface area contributed by atoms with Gasteiger partial charge >= 0.3 is 0 Å². The van der Waals surface area contributed by atoms with Crippen molar-refractivity contribution in [2.24, 2.45) is 10.1 Å². The van der Waals surface area contributed by atoms with Crippen LogP contribution in [0.2, 0.25) is 0 Å². The number of hydrogen-bond acceptors (Lipinski definition) is 4. The van der Waals surface area contributed by atoms with Gasteiger partial charge in [0.1, 0.15) is 0 Å². The number of carbonyl (C=O) groups excluding carboxylic acids is 1. The molecule has 24 heavy (non-hydrogen) atoms. The van der Waals surface area contributed by atoms with E-state index in [4.69, 9.17) is 0 Å². The van der Waals surface area contributed by atoms with Crippen molar-refractivity contribution in [1.29, 1.82) is 0 Å². The molecule has 1 aliphatic rings. The number of rotatable bonds is 4. The fourth-order valence-corrected chi connectivity index (χ4v) is 3.01. The average Bonchev–Trinajstić information content (AvgIpc) is 2.62. The molecule has 3 rings (SSSR count). The quantitative estimate of drug-likeness (QED) is 0.899. The molecule has 6 heteroatoms. The zero-order valence-corrected chi connectivity index (χ0v) is 14.1. The number of aliphatic imine (C=N–C) groups is 1. The van der Waals surface area contributed by atoms with Gasteiger partial charge in [0.25, 0.3) is 0 Å². The molecule has 0 aromatic heterocycles. The molecule has 2 aromatic carbocycles. The summed E-state index contributed by atoms with van der Waals surface area (Å²) >= 11 is 1.64. The average molecular weight is 338 g/mol. The zero-order chi connectivity index (χ0) is 16.8. The number of amides is 1. The van der Waals surface area contributed by atoms with Gasteiger partial charge in [-0.25, -0.2) is 0 Å². The van der Waals surface area contributed by atoms with Crippen molar-refractivity contribution in [1.82, 2.24) is 5.43 Å². The van der Waals surface area contributed by atoms with Crippen molar-refractivity contribution in [2.45, 2.75) is 13.5 Å². The second-order valence-electron chi connectivity index (χ2n) is 5.32. The molecular formula is C18H18N4OS. The summed E-state index contributed by atoms with van der Waals surface area (Å²) in [5.74, 6) is 0.689. The van der Waals surface area contributed by atoms with Crippen LogP contribution in [-0.4, -0.2) is 22.5 Å². The highest BCUT2D eigenvalue weighted by atomic mass is 32.2. The fourth-order valence-electron chi connectivity index (χ4n) is 2.24. The molecule has 1 heterocycles. The third kappa shape index (κ3) is 4.45. The van der Waals surface area contributed by atoms with Gasteiger partial charge in [-0.3, -0.25) is 15.2 Å². The zero-order valence-electron chi connectivity index (χ0n) is 13.3. The number of carbonyl (C=O) groups is 1. The summed E-state index contributed by atoms with van der Waals surface area (Å²) in [6.07, 6.45) is 0. The Morgan fingerprint density at radius 1 is 1.21 bits per heavy atom. The van der Waals surface area contributed by atoms with Crippen LogP contribution in [0.15, 0.2) is 64.7 Å². The van der Waals surface area contributed by atoms with Crippen LogP contribution in [0, 0.1) is 0 Å². The standard InChI is InChI=1S/C18H18N4OS/c1-13(23)20-16-9-7-15(8-10-16)17-12-24-18(22-21-17)19-11-14-5-3-2-4-6-14/h2-10H,11-12H2,1H3,(H,19,22)(H,20,23). The van der Waals surface area contributed by atoms with Crippen LogP contribution >= 0.6 is 11.8 Å². The molecular weight excluding hydrogens is 320 g/mol. The number of benzene rings is 2. The molecule has 0 saturated carbocycles. The summed E-state index contributed by atoms with van der Waals surface area (Å²) in [6.45, 7) is 2.14. The van der Waals surface area contributed by atoms with E-state index in [2.05, 4.69) is 33.0 Å². The van der Waals surface area contributed by atoms with E-state index >= 15 is 0 Å². The number of hydrogen-bond donors (Lipinski definition) is 2. The van der Waals surface area contributed by atoms with Gasteiger partial charge < -0.3 is 5.32 Å². The van der Waals surface area contributed by atoms with Crippen LogP contribution in [0.3, 0.4) is 0 Å². The van der Waals surface area contributed by atoms with Gasteiger partial charge in [-0.05, 0) is 23.3 Å². The third-order valence-corrected chi connectivity index (χ3v) is 4.33. The topological polar surface area (TPSA) is 65.8 Å². The molecule has 1 amide bonds. The van der Waals surface area contributed by atoms with E-state index in [0.717, 1.165) is 27.9 Å². The molecule has 5 nitrogen and oxygen atoms in total. The molecule has 0 radical (unpaired) electrons.